The van der Waals surface area contributed by atoms with Crippen molar-refractivity contribution < 1.29 is 31.9 Å². The molecule has 2 N–H and O–H groups in total. The number of halogens is 5. The van der Waals surface area contributed by atoms with Gasteiger partial charge in [-0.1, -0.05) is 13.8 Å². The van der Waals surface area contributed by atoms with E-state index in [-0.39, 0.29) is 23.0 Å². The maximum absolute atomic E-state index is 14.0. The van der Waals surface area contributed by atoms with Crippen molar-refractivity contribution in [2.75, 3.05) is 5.32 Å². The Bertz CT molecular complexity index is 1170. The summed E-state index contributed by atoms with van der Waals surface area (Å²) < 4.78 is 67.0. The van der Waals surface area contributed by atoms with E-state index in [1.807, 2.05) is 13.8 Å². The molecule has 0 fully saturated rings. The molecule has 0 saturated carbocycles. The standard InChI is InChI=1S/C20H19F5N4O2/c1-9(2)12-7-13(10(3)5-15(12)30)27-18(31)14-8-17-26-11(4)6-16(29(17)28-14)19(21,22)20(23,24)25/h5-9,30H,1-4H3,(H,27,31). The number of carbonyl (C=O) groups excluding carboxylic acids is 1. The summed E-state index contributed by atoms with van der Waals surface area (Å²) in [6.45, 7) is 6.58. The molecule has 0 aliphatic carbocycles. The minimum absolute atomic E-state index is 0.0502. The Hall–Kier alpha value is -3.24. The molecule has 2 heterocycles. The van der Waals surface area contributed by atoms with E-state index in [1.165, 1.54) is 13.0 Å². The summed E-state index contributed by atoms with van der Waals surface area (Å²) in [7, 11) is 0. The van der Waals surface area contributed by atoms with Gasteiger partial charge in [0.2, 0.25) is 0 Å². The van der Waals surface area contributed by atoms with E-state index < -0.39 is 29.4 Å². The molecular weight excluding hydrogens is 423 g/mol. The molecule has 6 nitrogen and oxygen atoms in total. The Kier molecular flexibility index (Phi) is 5.41. The highest BCUT2D eigenvalue weighted by Crippen LogP contribution is 2.43. The number of fused-ring (bicyclic) bond motifs is 1. The third kappa shape index (κ3) is 4.04. The first kappa shape index (κ1) is 22.4. The second-order valence-corrected chi connectivity index (χ2v) is 7.49. The number of amides is 1. The summed E-state index contributed by atoms with van der Waals surface area (Å²) >= 11 is 0. The lowest BCUT2D eigenvalue weighted by Gasteiger charge is -2.20. The quantitative estimate of drug-likeness (QED) is 0.436. The van der Waals surface area contributed by atoms with Crippen molar-refractivity contribution in [2.24, 2.45) is 0 Å². The van der Waals surface area contributed by atoms with Gasteiger partial charge in [0.1, 0.15) is 11.4 Å². The van der Waals surface area contributed by atoms with Crippen molar-refractivity contribution in [3.05, 3.63) is 52.5 Å². The average Bonchev–Trinajstić information content (AvgIpc) is 3.05. The number of hydrogen-bond acceptors (Lipinski definition) is 4. The number of benzene rings is 1. The van der Waals surface area contributed by atoms with Crippen LogP contribution in [0.4, 0.5) is 27.6 Å². The first-order valence-electron chi connectivity index (χ1n) is 9.19. The third-order valence-corrected chi connectivity index (χ3v) is 4.71. The highest BCUT2D eigenvalue weighted by atomic mass is 19.4. The van der Waals surface area contributed by atoms with Crippen LogP contribution in [0.25, 0.3) is 5.65 Å². The zero-order valence-corrected chi connectivity index (χ0v) is 17.0. The Morgan fingerprint density at radius 1 is 1.10 bits per heavy atom. The van der Waals surface area contributed by atoms with Gasteiger partial charge in [-0.3, -0.25) is 4.79 Å². The van der Waals surface area contributed by atoms with E-state index in [9.17, 15) is 31.9 Å². The van der Waals surface area contributed by atoms with Crippen LogP contribution in [0.3, 0.4) is 0 Å². The van der Waals surface area contributed by atoms with Crippen molar-refractivity contribution in [2.45, 2.75) is 45.7 Å². The summed E-state index contributed by atoms with van der Waals surface area (Å²) in [6, 6.07) is 4.63. The van der Waals surface area contributed by atoms with Gasteiger partial charge in [-0.2, -0.15) is 27.1 Å². The number of nitrogens with one attached hydrogen (secondary N) is 1. The molecule has 3 aromatic rings. The molecule has 0 aliphatic heterocycles. The number of phenolic OH excluding ortho intramolecular Hbond substituents is 1. The Morgan fingerprint density at radius 2 is 1.74 bits per heavy atom. The number of aromatic nitrogens is 3. The number of nitrogens with zero attached hydrogens (tertiary/aromatic N) is 3. The zero-order valence-electron chi connectivity index (χ0n) is 17.0. The number of anilines is 1. The number of hydrogen-bond donors (Lipinski definition) is 2. The van der Waals surface area contributed by atoms with E-state index in [0.29, 0.717) is 27.4 Å². The van der Waals surface area contributed by atoms with Crippen LogP contribution in [0.1, 0.15) is 52.8 Å². The molecule has 2 aromatic heterocycles. The molecule has 0 radical (unpaired) electrons. The first-order valence-corrected chi connectivity index (χ1v) is 9.19. The summed E-state index contributed by atoms with van der Waals surface area (Å²) in [6.07, 6.45) is -5.85. The van der Waals surface area contributed by atoms with Gasteiger partial charge in [-0.25, -0.2) is 9.50 Å². The summed E-state index contributed by atoms with van der Waals surface area (Å²) in [5.74, 6) is -6.02. The van der Waals surface area contributed by atoms with Gasteiger partial charge in [0, 0.05) is 17.4 Å². The van der Waals surface area contributed by atoms with Crippen LogP contribution >= 0.6 is 0 Å². The smallest absolute Gasteiger partial charge is 0.459 e. The maximum atomic E-state index is 14.0. The van der Waals surface area contributed by atoms with Crippen LogP contribution in [-0.4, -0.2) is 31.8 Å². The number of aromatic hydroxyl groups is 1. The predicted octanol–water partition coefficient (Wildman–Crippen LogP) is 5.08. The lowest BCUT2D eigenvalue weighted by molar-refractivity contribution is -0.291. The van der Waals surface area contributed by atoms with Crippen LogP contribution in [0.5, 0.6) is 5.75 Å². The van der Waals surface area contributed by atoms with Crippen molar-refractivity contribution in [3.8, 4) is 5.75 Å². The molecule has 11 heteroatoms. The van der Waals surface area contributed by atoms with Crippen molar-refractivity contribution in [1.29, 1.82) is 0 Å². The highest BCUT2D eigenvalue weighted by Gasteiger charge is 2.60. The van der Waals surface area contributed by atoms with Gasteiger partial charge in [0.05, 0.1) is 0 Å². The van der Waals surface area contributed by atoms with E-state index >= 15 is 0 Å². The van der Waals surface area contributed by atoms with Crippen LogP contribution in [0, 0.1) is 13.8 Å². The van der Waals surface area contributed by atoms with Gasteiger partial charge in [0.25, 0.3) is 5.91 Å². The Labute approximate surface area is 173 Å². The second kappa shape index (κ2) is 7.47. The lowest BCUT2D eigenvalue weighted by Crippen LogP contribution is -2.36. The number of aryl methyl sites for hydroxylation is 2. The molecule has 1 amide bonds. The molecular formula is C20H19F5N4O2. The topological polar surface area (TPSA) is 79.5 Å². The number of rotatable bonds is 4. The number of phenols is 1. The molecule has 31 heavy (non-hydrogen) atoms. The fraction of sp³-hybridized carbons (Fsp3) is 0.350. The molecule has 3 rings (SSSR count). The SMILES string of the molecule is Cc1cc(C(F)(F)C(F)(F)F)n2nc(C(=O)Nc3cc(C(C)C)c(O)cc3C)cc2n1. The maximum Gasteiger partial charge on any atom is 0.459 e. The van der Waals surface area contributed by atoms with Crippen molar-refractivity contribution in [3.63, 3.8) is 0 Å². The van der Waals surface area contributed by atoms with Gasteiger partial charge in [-0.15, -0.1) is 0 Å². The number of alkyl halides is 5. The molecule has 0 bridgehead atoms. The fourth-order valence-electron chi connectivity index (χ4n) is 3.07. The van der Waals surface area contributed by atoms with Gasteiger partial charge in [-0.05, 0) is 49.1 Å². The molecule has 0 aliphatic rings. The monoisotopic (exact) mass is 442 g/mol. The van der Waals surface area contributed by atoms with Crippen molar-refractivity contribution >= 4 is 17.2 Å². The van der Waals surface area contributed by atoms with Crippen LogP contribution < -0.4 is 5.32 Å². The predicted molar refractivity (Wildman–Crippen MR) is 103 cm³/mol. The van der Waals surface area contributed by atoms with Gasteiger partial charge >= 0.3 is 12.1 Å². The van der Waals surface area contributed by atoms with E-state index in [0.717, 1.165) is 6.07 Å². The Balaban J connectivity index is 2.04. The summed E-state index contributed by atoms with van der Waals surface area (Å²) in [5.41, 5.74) is -0.810. The largest absolute Gasteiger partial charge is 0.508 e. The number of carbonyl (C=O) groups is 1. The molecule has 0 spiro atoms. The second-order valence-electron chi connectivity index (χ2n) is 7.49. The summed E-state index contributed by atoms with van der Waals surface area (Å²) in [4.78, 5) is 16.6. The molecule has 1 aromatic carbocycles. The average molecular weight is 442 g/mol. The molecule has 166 valence electrons. The fourth-order valence-corrected chi connectivity index (χ4v) is 3.07. The zero-order chi connectivity index (χ0) is 23.3. The van der Waals surface area contributed by atoms with E-state index in [2.05, 4.69) is 15.4 Å². The molecule has 0 saturated heterocycles. The minimum atomic E-state index is -5.85. The van der Waals surface area contributed by atoms with Crippen LogP contribution in [-0.2, 0) is 5.92 Å². The third-order valence-electron chi connectivity index (χ3n) is 4.71. The van der Waals surface area contributed by atoms with Gasteiger partial charge < -0.3 is 10.4 Å². The lowest BCUT2D eigenvalue weighted by atomic mass is 9.99. The van der Waals surface area contributed by atoms with E-state index in [1.54, 1.807) is 13.0 Å². The van der Waals surface area contributed by atoms with Crippen LogP contribution in [0.15, 0.2) is 24.3 Å². The molecule has 0 unspecified atom stereocenters. The minimum Gasteiger partial charge on any atom is -0.508 e. The molecule has 0 atom stereocenters. The highest BCUT2D eigenvalue weighted by molar-refractivity contribution is 6.04. The van der Waals surface area contributed by atoms with Crippen molar-refractivity contribution in [1.82, 2.24) is 14.6 Å². The van der Waals surface area contributed by atoms with E-state index in [4.69, 9.17) is 0 Å². The summed E-state index contributed by atoms with van der Waals surface area (Å²) in [5, 5.41) is 16.2. The van der Waals surface area contributed by atoms with Crippen LogP contribution in [0.2, 0.25) is 0 Å². The first-order chi connectivity index (χ1) is 14.2. The normalized spacial score (nSPS) is 12.6. The Morgan fingerprint density at radius 3 is 2.32 bits per heavy atom. The van der Waals surface area contributed by atoms with Gasteiger partial charge in [0.15, 0.2) is 11.3 Å².